The van der Waals surface area contributed by atoms with E-state index in [1.54, 1.807) is 0 Å². The van der Waals surface area contributed by atoms with Gasteiger partial charge in [0.1, 0.15) is 6.54 Å². The van der Waals surface area contributed by atoms with Crippen LogP contribution in [-0.4, -0.2) is 35.6 Å². The summed E-state index contributed by atoms with van der Waals surface area (Å²) in [5, 5.41) is 13.9. The molecule has 5 nitrogen and oxygen atoms in total. The van der Waals surface area contributed by atoms with Crippen LogP contribution in [-0.2, 0) is 9.59 Å². The molecule has 0 aliphatic carbocycles. The van der Waals surface area contributed by atoms with Crippen molar-refractivity contribution >= 4 is 11.9 Å². The van der Waals surface area contributed by atoms with Gasteiger partial charge in [0.15, 0.2) is 0 Å². The van der Waals surface area contributed by atoms with E-state index in [0.717, 1.165) is 19.3 Å². The van der Waals surface area contributed by atoms with Crippen molar-refractivity contribution in [2.24, 2.45) is 0 Å². The lowest BCUT2D eigenvalue weighted by atomic mass is 9.90. The Labute approximate surface area is 96.6 Å². The Bertz CT molecular complexity index is 229. The quantitative estimate of drug-likeness (QED) is 0.575. The van der Waals surface area contributed by atoms with Crippen molar-refractivity contribution in [1.29, 1.82) is 0 Å². The Kier molecular flexibility index (Phi) is 6.72. The highest BCUT2D eigenvalue weighted by Crippen LogP contribution is 2.18. The zero-order valence-electron chi connectivity index (χ0n) is 10.3. The predicted octanol–water partition coefficient (Wildman–Crippen LogP) is 0.746. The fourth-order valence-electron chi connectivity index (χ4n) is 1.63. The van der Waals surface area contributed by atoms with Crippen LogP contribution in [0.4, 0.5) is 0 Å². The maximum atomic E-state index is 11.3. The van der Waals surface area contributed by atoms with Gasteiger partial charge >= 0.3 is 5.97 Å². The number of amides is 1. The minimum Gasteiger partial charge on any atom is -0.480 e. The largest absolute Gasteiger partial charge is 0.480 e. The monoisotopic (exact) mass is 230 g/mol. The van der Waals surface area contributed by atoms with Crippen LogP contribution in [0.2, 0.25) is 0 Å². The highest BCUT2D eigenvalue weighted by Gasteiger charge is 2.23. The molecule has 0 aromatic carbocycles. The lowest BCUT2D eigenvalue weighted by Crippen LogP contribution is -2.48. The van der Waals surface area contributed by atoms with Crippen LogP contribution in [0.5, 0.6) is 0 Å². The van der Waals surface area contributed by atoms with Gasteiger partial charge in [-0.25, -0.2) is 0 Å². The molecular weight excluding hydrogens is 208 g/mol. The fourth-order valence-corrected chi connectivity index (χ4v) is 1.63. The first-order valence-electron chi connectivity index (χ1n) is 5.73. The molecule has 16 heavy (non-hydrogen) atoms. The third-order valence-electron chi connectivity index (χ3n) is 3.09. The molecule has 0 atom stereocenters. The normalized spacial score (nSPS) is 11.2. The first-order chi connectivity index (χ1) is 7.49. The Morgan fingerprint density at radius 2 is 1.56 bits per heavy atom. The summed E-state index contributed by atoms with van der Waals surface area (Å²) in [6, 6.07) is 0. The SMILES string of the molecule is CCC(CC)(CC)NCC(=O)NCC(=O)O. The number of carboxylic acid groups (broad SMARTS) is 1. The maximum Gasteiger partial charge on any atom is 0.322 e. The molecule has 3 N–H and O–H groups in total. The summed E-state index contributed by atoms with van der Waals surface area (Å²) in [6.07, 6.45) is 2.85. The highest BCUT2D eigenvalue weighted by molar-refractivity contribution is 5.82. The van der Waals surface area contributed by atoms with E-state index in [1.807, 2.05) is 0 Å². The highest BCUT2D eigenvalue weighted by atomic mass is 16.4. The Morgan fingerprint density at radius 1 is 1.06 bits per heavy atom. The van der Waals surface area contributed by atoms with Crippen molar-refractivity contribution < 1.29 is 14.7 Å². The molecule has 0 aliphatic heterocycles. The summed E-state index contributed by atoms with van der Waals surface area (Å²) in [5.74, 6) is -1.30. The Morgan fingerprint density at radius 3 is 1.94 bits per heavy atom. The predicted molar refractivity (Wildman–Crippen MR) is 62.3 cm³/mol. The van der Waals surface area contributed by atoms with Crippen LogP contribution < -0.4 is 10.6 Å². The van der Waals surface area contributed by atoms with Gasteiger partial charge in [0.25, 0.3) is 0 Å². The van der Waals surface area contributed by atoms with E-state index < -0.39 is 5.97 Å². The van der Waals surface area contributed by atoms with Gasteiger partial charge in [-0.2, -0.15) is 0 Å². The second kappa shape index (κ2) is 7.22. The van der Waals surface area contributed by atoms with Crippen LogP contribution >= 0.6 is 0 Å². The molecule has 94 valence electrons. The molecule has 5 heteroatoms. The molecule has 0 bridgehead atoms. The van der Waals surface area contributed by atoms with Crippen molar-refractivity contribution in [3.05, 3.63) is 0 Å². The molecule has 0 saturated heterocycles. The van der Waals surface area contributed by atoms with Gasteiger partial charge in [0.05, 0.1) is 6.54 Å². The van der Waals surface area contributed by atoms with Crippen molar-refractivity contribution in [1.82, 2.24) is 10.6 Å². The summed E-state index contributed by atoms with van der Waals surface area (Å²) in [6.45, 7) is 6.08. The number of carboxylic acids is 1. The van der Waals surface area contributed by atoms with E-state index in [1.165, 1.54) is 0 Å². The first kappa shape index (κ1) is 14.9. The number of carbonyl (C=O) groups is 2. The lowest BCUT2D eigenvalue weighted by Gasteiger charge is -2.31. The third kappa shape index (κ3) is 5.11. The van der Waals surface area contributed by atoms with Crippen molar-refractivity contribution in [3.8, 4) is 0 Å². The molecule has 0 aromatic heterocycles. The molecule has 0 spiro atoms. The molecule has 0 saturated carbocycles. The number of aliphatic carboxylic acids is 1. The molecule has 0 rings (SSSR count). The molecular formula is C11H22N2O3. The molecule has 0 heterocycles. The molecule has 0 radical (unpaired) electrons. The molecule has 0 fully saturated rings. The van der Waals surface area contributed by atoms with Crippen molar-refractivity contribution in [2.45, 2.75) is 45.6 Å². The Balaban J connectivity index is 4.01. The Hall–Kier alpha value is -1.10. The average Bonchev–Trinajstić information content (AvgIpc) is 2.29. The number of carbonyl (C=O) groups excluding carboxylic acids is 1. The van der Waals surface area contributed by atoms with Crippen molar-refractivity contribution in [2.75, 3.05) is 13.1 Å². The number of hydrogen-bond donors (Lipinski definition) is 3. The summed E-state index contributed by atoms with van der Waals surface area (Å²) in [5.41, 5.74) is -0.0133. The maximum absolute atomic E-state index is 11.3. The number of rotatable bonds is 8. The van der Waals surface area contributed by atoms with E-state index in [2.05, 4.69) is 31.4 Å². The van der Waals surface area contributed by atoms with Crippen LogP contribution in [0, 0.1) is 0 Å². The zero-order valence-corrected chi connectivity index (χ0v) is 10.3. The zero-order chi connectivity index (χ0) is 12.6. The van der Waals surface area contributed by atoms with Gasteiger partial charge in [-0.05, 0) is 19.3 Å². The second-order valence-corrected chi connectivity index (χ2v) is 3.87. The van der Waals surface area contributed by atoms with E-state index in [4.69, 9.17) is 5.11 Å². The van der Waals surface area contributed by atoms with Crippen LogP contribution in [0.1, 0.15) is 40.0 Å². The topological polar surface area (TPSA) is 78.4 Å². The molecule has 0 aromatic rings. The van der Waals surface area contributed by atoms with Gasteiger partial charge in [0.2, 0.25) is 5.91 Å². The first-order valence-corrected chi connectivity index (χ1v) is 5.73. The van der Waals surface area contributed by atoms with Crippen molar-refractivity contribution in [3.63, 3.8) is 0 Å². The van der Waals surface area contributed by atoms with E-state index in [9.17, 15) is 9.59 Å². The van der Waals surface area contributed by atoms with Crippen LogP contribution in [0.3, 0.4) is 0 Å². The standard InChI is InChI=1S/C11H22N2O3/c1-4-11(5-2,6-3)13-7-9(14)12-8-10(15)16/h13H,4-8H2,1-3H3,(H,12,14)(H,15,16). The minimum absolute atomic E-state index is 0.0133. The van der Waals surface area contributed by atoms with E-state index in [0.29, 0.717) is 0 Å². The van der Waals surface area contributed by atoms with Gasteiger partial charge in [-0.15, -0.1) is 0 Å². The minimum atomic E-state index is -1.03. The summed E-state index contributed by atoms with van der Waals surface area (Å²) >= 11 is 0. The average molecular weight is 230 g/mol. The smallest absolute Gasteiger partial charge is 0.322 e. The molecule has 1 amide bonds. The van der Waals surface area contributed by atoms with E-state index >= 15 is 0 Å². The van der Waals surface area contributed by atoms with E-state index in [-0.39, 0.29) is 24.5 Å². The van der Waals surface area contributed by atoms with Gasteiger partial charge < -0.3 is 15.7 Å². The summed E-state index contributed by atoms with van der Waals surface area (Å²) in [7, 11) is 0. The molecule has 0 aliphatic rings. The third-order valence-corrected chi connectivity index (χ3v) is 3.09. The van der Waals surface area contributed by atoms with Crippen LogP contribution in [0.15, 0.2) is 0 Å². The number of nitrogens with one attached hydrogen (secondary N) is 2. The lowest BCUT2D eigenvalue weighted by molar-refractivity contribution is -0.137. The fraction of sp³-hybridized carbons (Fsp3) is 0.818. The van der Waals surface area contributed by atoms with Gasteiger partial charge in [-0.3, -0.25) is 9.59 Å². The number of hydrogen-bond acceptors (Lipinski definition) is 3. The van der Waals surface area contributed by atoms with Gasteiger partial charge in [0, 0.05) is 5.54 Å². The second-order valence-electron chi connectivity index (χ2n) is 3.87. The summed E-state index contributed by atoms with van der Waals surface area (Å²) < 4.78 is 0. The van der Waals surface area contributed by atoms with Gasteiger partial charge in [-0.1, -0.05) is 20.8 Å². The summed E-state index contributed by atoms with van der Waals surface area (Å²) in [4.78, 5) is 21.5. The molecule has 0 unspecified atom stereocenters. The van der Waals surface area contributed by atoms with Crippen LogP contribution in [0.25, 0.3) is 0 Å².